The first-order chi connectivity index (χ1) is 9.04. The standard InChI is InChI=1S/C12H16F2N2O3.ClH/c1-18-7-11(15)12(17)16-4-5-19-8-2-3-9(13)10(14)6-8;/h2-3,6,11H,4-5,7,15H2,1H3,(H,16,17);1H. The fourth-order valence-corrected chi connectivity index (χ4v) is 1.30. The molecule has 8 heteroatoms. The number of hydrogen-bond donors (Lipinski definition) is 2. The molecule has 114 valence electrons. The van der Waals surface area contributed by atoms with Crippen LogP contribution in [0.15, 0.2) is 18.2 Å². The molecule has 0 aromatic heterocycles. The van der Waals surface area contributed by atoms with Crippen LogP contribution in [0.3, 0.4) is 0 Å². The summed E-state index contributed by atoms with van der Waals surface area (Å²) in [7, 11) is 1.44. The molecule has 0 aliphatic carbocycles. The van der Waals surface area contributed by atoms with Crippen molar-refractivity contribution >= 4 is 18.3 Å². The second kappa shape index (κ2) is 9.46. The largest absolute Gasteiger partial charge is 0.492 e. The minimum absolute atomic E-state index is 0. The molecule has 0 heterocycles. The van der Waals surface area contributed by atoms with Crippen LogP contribution in [0.1, 0.15) is 0 Å². The molecule has 0 saturated heterocycles. The van der Waals surface area contributed by atoms with Gasteiger partial charge in [-0.3, -0.25) is 4.79 Å². The molecule has 0 spiro atoms. The highest BCUT2D eigenvalue weighted by molar-refractivity contribution is 5.85. The first-order valence-electron chi connectivity index (χ1n) is 5.64. The first kappa shape index (κ1) is 18.6. The normalized spacial score (nSPS) is 11.4. The summed E-state index contributed by atoms with van der Waals surface area (Å²) in [4.78, 5) is 11.4. The number of benzene rings is 1. The molecular formula is C12H17ClF2N2O3. The fourth-order valence-electron chi connectivity index (χ4n) is 1.30. The van der Waals surface area contributed by atoms with E-state index in [1.165, 1.54) is 13.2 Å². The average Bonchev–Trinajstić information content (AvgIpc) is 2.38. The number of amides is 1. The molecule has 1 unspecified atom stereocenters. The van der Waals surface area contributed by atoms with Gasteiger partial charge in [0.15, 0.2) is 11.6 Å². The lowest BCUT2D eigenvalue weighted by Crippen LogP contribution is -2.44. The van der Waals surface area contributed by atoms with Gasteiger partial charge in [0.2, 0.25) is 5.91 Å². The van der Waals surface area contributed by atoms with Crippen LogP contribution in [0.2, 0.25) is 0 Å². The summed E-state index contributed by atoms with van der Waals surface area (Å²) in [5.41, 5.74) is 5.49. The predicted molar refractivity (Wildman–Crippen MR) is 72.0 cm³/mol. The minimum atomic E-state index is -0.983. The minimum Gasteiger partial charge on any atom is -0.492 e. The molecule has 0 aliphatic rings. The topological polar surface area (TPSA) is 73.6 Å². The van der Waals surface area contributed by atoms with Gasteiger partial charge in [0.1, 0.15) is 18.4 Å². The molecule has 1 rings (SSSR count). The van der Waals surface area contributed by atoms with Crippen LogP contribution in [0.5, 0.6) is 5.75 Å². The quantitative estimate of drug-likeness (QED) is 0.733. The SMILES string of the molecule is COCC(N)C(=O)NCCOc1ccc(F)c(F)c1.Cl. The fraction of sp³-hybridized carbons (Fsp3) is 0.417. The summed E-state index contributed by atoms with van der Waals surface area (Å²) >= 11 is 0. The molecule has 1 aromatic carbocycles. The Balaban J connectivity index is 0.00000361. The van der Waals surface area contributed by atoms with Crippen molar-refractivity contribution in [2.45, 2.75) is 6.04 Å². The molecule has 0 aliphatic heterocycles. The van der Waals surface area contributed by atoms with Crippen LogP contribution in [-0.4, -0.2) is 38.8 Å². The third-order valence-corrected chi connectivity index (χ3v) is 2.24. The highest BCUT2D eigenvalue weighted by Crippen LogP contribution is 2.14. The van der Waals surface area contributed by atoms with E-state index >= 15 is 0 Å². The van der Waals surface area contributed by atoms with Crippen LogP contribution < -0.4 is 15.8 Å². The predicted octanol–water partition coefficient (Wildman–Crippen LogP) is 0.855. The molecule has 1 amide bonds. The molecule has 5 nitrogen and oxygen atoms in total. The number of carbonyl (C=O) groups excluding carboxylic acids is 1. The molecule has 0 radical (unpaired) electrons. The van der Waals surface area contributed by atoms with E-state index in [9.17, 15) is 13.6 Å². The van der Waals surface area contributed by atoms with E-state index in [2.05, 4.69) is 5.32 Å². The maximum absolute atomic E-state index is 12.9. The zero-order chi connectivity index (χ0) is 14.3. The smallest absolute Gasteiger partial charge is 0.239 e. The van der Waals surface area contributed by atoms with Gasteiger partial charge in [0.25, 0.3) is 0 Å². The van der Waals surface area contributed by atoms with Gasteiger partial charge in [-0.05, 0) is 12.1 Å². The van der Waals surface area contributed by atoms with Crippen LogP contribution >= 0.6 is 12.4 Å². The lowest BCUT2D eigenvalue weighted by atomic mass is 10.3. The molecule has 20 heavy (non-hydrogen) atoms. The van der Waals surface area contributed by atoms with E-state index < -0.39 is 17.7 Å². The number of carbonyl (C=O) groups is 1. The molecule has 3 N–H and O–H groups in total. The van der Waals surface area contributed by atoms with Gasteiger partial charge in [-0.15, -0.1) is 12.4 Å². The van der Waals surface area contributed by atoms with E-state index in [0.717, 1.165) is 12.1 Å². The third-order valence-electron chi connectivity index (χ3n) is 2.24. The van der Waals surface area contributed by atoms with Crippen LogP contribution in [0.25, 0.3) is 0 Å². The van der Waals surface area contributed by atoms with E-state index in [1.54, 1.807) is 0 Å². The summed E-state index contributed by atoms with van der Waals surface area (Å²) in [6.45, 7) is 0.446. The van der Waals surface area contributed by atoms with E-state index in [1.807, 2.05) is 0 Å². The van der Waals surface area contributed by atoms with Crippen molar-refractivity contribution in [2.24, 2.45) is 5.73 Å². The highest BCUT2D eigenvalue weighted by atomic mass is 35.5. The number of ether oxygens (including phenoxy) is 2. The summed E-state index contributed by atoms with van der Waals surface area (Å²) in [6, 6.07) is 2.47. The van der Waals surface area contributed by atoms with Crippen molar-refractivity contribution in [1.82, 2.24) is 5.32 Å². The van der Waals surface area contributed by atoms with E-state index in [0.29, 0.717) is 0 Å². The Morgan fingerprint density at radius 2 is 2.10 bits per heavy atom. The molecule has 0 saturated carbocycles. The maximum atomic E-state index is 12.9. The van der Waals surface area contributed by atoms with Crippen molar-refractivity contribution in [1.29, 1.82) is 0 Å². The van der Waals surface area contributed by atoms with Crippen molar-refractivity contribution in [2.75, 3.05) is 26.9 Å². The van der Waals surface area contributed by atoms with Crippen molar-refractivity contribution in [3.05, 3.63) is 29.8 Å². The van der Waals surface area contributed by atoms with Gasteiger partial charge in [-0.1, -0.05) is 0 Å². The lowest BCUT2D eigenvalue weighted by molar-refractivity contribution is -0.123. The Morgan fingerprint density at radius 1 is 1.40 bits per heavy atom. The summed E-state index contributed by atoms with van der Waals surface area (Å²) < 4.78 is 35.4. The number of hydrogen-bond acceptors (Lipinski definition) is 4. The van der Waals surface area contributed by atoms with Crippen molar-refractivity contribution in [3.63, 3.8) is 0 Å². The van der Waals surface area contributed by atoms with Gasteiger partial charge in [-0.25, -0.2) is 8.78 Å². The summed E-state index contributed by atoms with van der Waals surface area (Å²) in [6.07, 6.45) is 0. The van der Waals surface area contributed by atoms with Crippen molar-refractivity contribution < 1.29 is 23.0 Å². The molecule has 0 fully saturated rings. The van der Waals surface area contributed by atoms with Crippen molar-refractivity contribution in [3.8, 4) is 5.75 Å². The van der Waals surface area contributed by atoms with Gasteiger partial charge >= 0.3 is 0 Å². The second-order valence-electron chi connectivity index (χ2n) is 3.78. The van der Waals surface area contributed by atoms with Crippen LogP contribution in [0.4, 0.5) is 8.78 Å². The molecule has 1 aromatic rings. The Kier molecular flexibility index (Phi) is 8.78. The maximum Gasteiger partial charge on any atom is 0.239 e. The van der Waals surface area contributed by atoms with Gasteiger partial charge in [-0.2, -0.15) is 0 Å². The Bertz CT molecular complexity index is 435. The Morgan fingerprint density at radius 3 is 2.70 bits per heavy atom. The molecule has 0 bridgehead atoms. The lowest BCUT2D eigenvalue weighted by Gasteiger charge is -2.11. The van der Waals surface area contributed by atoms with E-state index in [-0.39, 0.29) is 43.8 Å². The highest BCUT2D eigenvalue weighted by Gasteiger charge is 2.11. The van der Waals surface area contributed by atoms with Gasteiger partial charge in [0.05, 0.1) is 13.2 Å². The Hall–Kier alpha value is -1.44. The molecule has 1 atom stereocenters. The number of rotatable bonds is 7. The number of nitrogens with two attached hydrogens (primary N) is 1. The zero-order valence-electron chi connectivity index (χ0n) is 10.9. The van der Waals surface area contributed by atoms with Crippen LogP contribution in [-0.2, 0) is 9.53 Å². The monoisotopic (exact) mass is 310 g/mol. The molecular weight excluding hydrogens is 294 g/mol. The third kappa shape index (κ3) is 6.14. The van der Waals surface area contributed by atoms with Crippen LogP contribution in [0, 0.1) is 11.6 Å². The first-order valence-corrected chi connectivity index (χ1v) is 5.64. The zero-order valence-corrected chi connectivity index (χ0v) is 11.7. The van der Waals surface area contributed by atoms with E-state index in [4.69, 9.17) is 15.2 Å². The average molecular weight is 311 g/mol. The number of methoxy groups -OCH3 is 1. The Labute approximate surface area is 121 Å². The van der Waals surface area contributed by atoms with Gasteiger partial charge in [0, 0.05) is 13.2 Å². The number of nitrogens with one attached hydrogen (secondary N) is 1. The summed E-state index contributed by atoms with van der Waals surface area (Å²) in [5.74, 6) is -2.10. The summed E-state index contributed by atoms with van der Waals surface area (Å²) in [5, 5.41) is 2.53. The second-order valence-corrected chi connectivity index (χ2v) is 3.78. The number of halogens is 3. The van der Waals surface area contributed by atoms with Gasteiger partial charge < -0.3 is 20.5 Å².